The van der Waals surface area contributed by atoms with Crippen molar-refractivity contribution in [3.8, 4) is 0 Å². The molecular weight excluding hydrogens is 178 g/mol. The number of hydrogen-bond donors (Lipinski definition) is 1. The SMILES string of the molecule is CSNC(=O)OC1CCOCC1. The molecule has 0 aromatic rings. The van der Waals surface area contributed by atoms with Gasteiger partial charge < -0.3 is 9.47 Å². The second-order valence-electron chi connectivity index (χ2n) is 2.52. The van der Waals surface area contributed by atoms with Gasteiger partial charge in [0, 0.05) is 19.1 Å². The summed E-state index contributed by atoms with van der Waals surface area (Å²) >= 11 is 1.24. The Morgan fingerprint density at radius 2 is 2.25 bits per heavy atom. The van der Waals surface area contributed by atoms with Crippen LogP contribution < -0.4 is 4.72 Å². The summed E-state index contributed by atoms with van der Waals surface area (Å²) in [5.41, 5.74) is 0. The van der Waals surface area contributed by atoms with Crippen molar-refractivity contribution < 1.29 is 14.3 Å². The predicted octanol–water partition coefficient (Wildman–Crippen LogP) is 1.17. The van der Waals surface area contributed by atoms with Gasteiger partial charge in [0.1, 0.15) is 6.10 Å². The van der Waals surface area contributed by atoms with Crippen molar-refractivity contribution in [3.63, 3.8) is 0 Å². The van der Waals surface area contributed by atoms with Crippen LogP contribution in [0, 0.1) is 0 Å². The molecule has 0 atom stereocenters. The molecule has 0 saturated carbocycles. The summed E-state index contributed by atoms with van der Waals surface area (Å²) in [6.07, 6.45) is 3.08. The maximum Gasteiger partial charge on any atom is 0.417 e. The van der Waals surface area contributed by atoms with Crippen LogP contribution >= 0.6 is 11.9 Å². The highest BCUT2D eigenvalue weighted by molar-refractivity contribution is 7.97. The van der Waals surface area contributed by atoms with E-state index in [9.17, 15) is 4.79 Å². The van der Waals surface area contributed by atoms with Gasteiger partial charge in [0.25, 0.3) is 0 Å². The van der Waals surface area contributed by atoms with Crippen molar-refractivity contribution in [1.82, 2.24) is 4.72 Å². The van der Waals surface area contributed by atoms with Gasteiger partial charge in [-0.05, 0) is 0 Å². The average molecular weight is 191 g/mol. The van der Waals surface area contributed by atoms with E-state index in [4.69, 9.17) is 9.47 Å². The molecule has 70 valence electrons. The zero-order chi connectivity index (χ0) is 8.81. The minimum absolute atomic E-state index is 0.0332. The van der Waals surface area contributed by atoms with Crippen molar-refractivity contribution in [2.45, 2.75) is 18.9 Å². The molecule has 12 heavy (non-hydrogen) atoms. The lowest BCUT2D eigenvalue weighted by molar-refractivity contribution is 0.00351. The van der Waals surface area contributed by atoms with Crippen molar-refractivity contribution in [3.05, 3.63) is 0 Å². The quantitative estimate of drug-likeness (QED) is 0.665. The van der Waals surface area contributed by atoms with Crippen molar-refractivity contribution in [2.24, 2.45) is 0 Å². The molecule has 1 N–H and O–H groups in total. The lowest BCUT2D eigenvalue weighted by Crippen LogP contribution is -2.29. The van der Waals surface area contributed by atoms with Gasteiger partial charge in [0.15, 0.2) is 0 Å². The summed E-state index contributed by atoms with van der Waals surface area (Å²) < 4.78 is 12.7. The van der Waals surface area contributed by atoms with Crippen LogP contribution in [0.3, 0.4) is 0 Å². The molecule has 5 heteroatoms. The van der Waals surface area contributed by atoms with E-state index >= 15 is 0 Å². The lowest BCUT2D eigenvalue weighted by Gasteiger charge is -2.21. The Hall–Kier alpha value is -0.420. The number of rotatable bonds is 2. The van der Waals surface area contributed by atoms with Crippen LogP contribution in [0.5, 0.6) is 0 Å². The van der Waals surface area contributed by atoms with Crippen LogP contribution in [-0.4, -0.2) is 31.7 Å². The van der Waals surface area contributed by atoms with E-state index in [1.165, 1.54) is 11.9 Å². The Morgan fingerprint density at radius 3 is 2.83 bits per heavy atom. The van der Waals surface area contributed by atoms with E-state index in [2.05, 4.69) is 4.72 Å². The lowest BCUT2D eigenvalue weighted by atomic mass is 10.2. The molecule has 4 nitrogen and oxygen atoms in total. The molecule has 0 radical (unpaired) electrons. The fourth-order valence-electron chi connectivity index (χ4n) is 1.05. The van der Waals surface area contributed by atoms with E-state index in [1.807, 2.05) is 0 Å². The molecule has 1 fully saturated rings. The van der Waals surface area contributed by atoms with Crippen LogP contribution in [0.4, 0.5) is 4.79 Å². The monoisotopic (exact) mass is 191 g/mol. The van der Waals surface area contributed by atoms with Crippen LogP contribution in [0.1, 0.15) is 12.8 Å². The summed E-state index contributed by atoms with van der Waals surface area (Å²) in [5.74, 6) is 0. The number of ether oxygens (including phenoxy) is 2. The highest BCUT2D eigenvalue weighted by atomic mass is 32.2. The van der Waals surface area contributed by atoms with E-state index in [0.717, 1.165) is 12.8 Å². The van der Waals surface area contributed by atoms with Gasteiger partial charge in [-0.25, -0.2) is 4.79 Å². The third-order valence-electron chi connectivity index (χ3n) is 1.63. The van der Waals surface area contributed by atoms with Gasteiger partial charge in [-0.1, -0.05) is 11.9 Å². The van der Waals surface area contributed by atoms with Gasteiger partial charge in [-0.15, -0.1) is 0 Å². The van der Waals surface area contributed by atoms with Crippen LogP contribution in [0.25, 0.3) is 0 Å². The Kier molecular flexibility index (Phi) is 4.24. The number of carbonyl (C=O) groups excluding carboxylic acids is 1. The Morgan fingerprint density at radius 1 is 1.58 bits per heavy atom. The van der Waals surface area contributed by atoms with Crippen molar-refractivity contribution >= 4 is 18.0 Å². The zero-order valence-corrected chi connectivity index (χ0v) is 7.86. The van der Waals surface area contributed by atoms with Crippen molar-refractivity contribution in [1.29, 1.82) is 0 Å². The molecule has 1 saturated heterocycles. The molecule has 0 aromatic heterocycles. The van der Waals surface area contributed by atoms with Gasteiger partial charge in [0.2, 0.25) is 0 Å². The van der Waals surface area contributed by atoms with E-state index in [-0.39, 0.29) is 12.2 Å². The highest BCUT2D eigenvalue weighted by Gasteiger charge is 2.17. The molecule has 0 aromatic carbocycles. The number of hydrogen-bond acceptors (Lipinski definition) is 4. The van der Waals surface area contributed by atoms with Crippen LogP contribution in [0.2, 0.25) is 0 Å². The molecular formula is C7H13NO3S. The number of nitrogens with one attached hydrogen (secondary N) is 1. The van der Waals surface area contributed by atoms with Gasteiger partial charge in [-0.3, -0.25) is 4.72 Å². The van der Waals surface area contributed by atoms with Crippen LogP contribution in [0.15, 0.2) is 0 Å². The van der Waals surface area contributed by atoms with E-state index < -0.39 is 0 Å². The zero-order valence-electron chi connectivity index (χ0n) is 7.04. The Balaban J connectivity index is 2.15. The smallest absolute Gasteiger partial charge is 0.417 e. The first-order chi connectivity index (χ1) is 5.83. The topological polar surface area (TPSA) is 47.6 Å². The first-order valence-electron chi connectivity index (χ1n) is 3.90. The minimum atomic E-state index is -0.352. The molecule has 0 aliphatic carbocycles. The fourth-order valence-corrected chi connectivity index (χ4v) is 1.27. The molecule has 1 heterocycles. The average Bonchev–Trinajstić information content (AvgIpc) is 2.06. The maximum absolute atomic E-state index is 10.9. The van der Waals surface area contributed by atoms with Gasteiger partial charge >= 0.3 is 6.09 Å². The summed E-state index contributed by atoms with van der Waals surface area (Å²) in [6, 6.07) is 0. The Labute approximate surface area is 76.1 Å². The van der Waals surface area contributed by atoms with Crippen molar-refractivity contribution in [2.75, 3.05) is 19.5 Å². The summed E-state index contributed by atoms with van der Waals surface area (Å²) in [5, 5.41) is 0. The summed E-state index contributed by atoms with van der Waals surface area (Å²) in [6.45, 7) is 1.38. The maximum atomic E-state index is 10.9. The van der Waals surface area contributed by atoms with E-state index in [1.54, 1.807) is 6.26 Å². The molecule has 0 spiro atoms. The first kappa shape index (κ1) is 9.67. The molecule has 0 bridgehead atoms. The first-order valence-corrected chi connectivity index (χ1v) is 5.12. The minimum Gasteiger partial charge on any atom is -0.445 e. The fraction of sp³-hybridized carbons (Fsp3) is 0.857. The third kappa shape index (κ3) is 3.32. The largest absolute Gasteiger partial charge is 0.445 e. The molecule has 0 unspecified atom stereocenters. The van der Waals surface area contributed by atoms with E-state index in [0.29, 0.717) is 13.2 Å². The number of amides is 1. The molecule has 1 aliphatic heterocycles. The third-order valence-corrected chi connectivity index (χ3v) is 2.00. The summed E-state index contributed by atoms with van der Waals surface area (Å²) in [7, 11) is 0. The number of carbonyl (C=O) groups is 1. The molecule has 1 aliphatic rings. The summed E-state index contributed by atoms with van der Waals surface area (Å²) in [4.78, 5) is 10.9. The second-order valence-corrected chi connectivity index (χ2v) is 3.14. The highest BCUT2D eigenvalue weighted by Crippen LogP contribution is 2.10. The van der Waals surface area contributed by atoms with Crippen LogP contribution in [-0.2, 0) is 9.47 Å². The van der Waals surface area contributed by atoms with Gasteiger partial charge in [-0.2, -0.15) is 0 Å². The standard InChI is InChI=1S/C7H13NO3S/c1-12-8-7(9)11-6-2-4-10-5-3-6/h6H,2-5H2,1H3,(H,8,9). The Bertz CT molecular complexity index is 148. The molecule has 1 amide bonds. The molecule has 1 rings (SSSR count). The normalized spacial score (nSPS) is 18.8. The predicted molar refractivity (Wildman–Crippen MR) is 47.0 cm³/mol. The van der Waals surface area contributed by atoms with Gasteiger partial charge in [0.05, 0.1) is 13.2 Å². The second kappa shape index (κ2) is 5.27.